The normalized spacial score (nSPS) is 23.5. The molecular weight excluding hydrogens is 216 g/mol. The Labute approximate surface area is 102 Å². The third-order valence-electron chi connectivity index (χ3n) is 3.31. The van der Waals surface area contributed by atoms with Crippen molar-refractivity contribution in [3.8, 4) is 0 Å². The zero-order valence-corrected chi connectivity index (χ0v) is 10.2. The van der Waals surface area contributed by atoms with E-state index >= 15 is 0 Å². The summed E-state index contributed by atoms with van der Waals surface area (Å²) in [7, 11) is 0. The molecule has 2 atom stereocenters. The van der Waals surface area contributed by atoms with Crippen molar-refractivity contribution in [3.63, 3.8) is 0 Å². The van der Waals surface area contributed by atoms with Crippen LogP contribution in [0.2, 0.25) is 0 Å². The highest BCUT2D eigenvalue weighted by molar-refractivity contribution is 5.06. The van der Waals surface area contributed by atoms with E-state index in [0.29, 0.717) is 12.6 Å². The lowest BCUT2D eigenvalue weighted by atomic mass is 10.1. The van der Waals surface area contributed by atoms with Crippen LogP contribution in [0.4, 0.5) is 0 Å². The molecule has 0 saturated carbocycles. The quantitative estimate of drug-likeness (QED) is 0.828. The second-order valence-corrected chi connectivity index (χ2v) is 4.26. The number of hydrogen-bond donors (Lipinski definition) is 1. The van der Waals surface area contributed by atoms with Gasteiger partial charge in [-0.2, -0.15) is 0 Å². The van der Waals surface area contributed by atoms with Crippen molar-refractivity contribution >= 4 is 0 Å². The summed E-state index contributed by atoms with van der Waals surface area (Å²) in [6.45, 7) is 5.24. The van der Waals surface area contributed by atoms with Gasteiger partial charge < -0.3 is 10.5 Å². The summed E-state index contributed by atoms with van der Waals surface area (Å²) in [6.07, 6.45) is 4.42. The molecule has 1 aliphatic rings. The van der Waals surface area contributed by atoms with Crippen molar-refractivity contribution in [2.45, 2.75) is 25.4 Å². The first kappa shape index (κ1) is 12.4. The van der Waals surface area contributed by atoms with Gasteiger partial charge in [-0.1, -0.05) is 6.92 Å². The van der Waals surface area contributed by atoms with Crippen LogP contribution in [-0.4, -0.2) is 47.2 Å². The van der Waals surface area contributed by atoms with E-state index in [0.717, 1.165) is 31.9 Å². The molecule has 2 heterocycles. The highest BCUT2D eigenvalue weighted by Crippen LogP contribution is 2.23. The van der Waals surface area contributed by atoms with Crippen LogP contribution in [0.5, 0.6) is 0 Å². The number of morpholine rings is 1. The molecule has 1 aromatic rings. The van der Waals surface area contributed by atoms with E-state index < -0.39 is 0 Å². The summed E-state index contributed by atoms with van der Waals surface area (Å²) < 4.78 is 5.52. The van der Waals surface area contributed by atoms with E-state index in [2.05, 4.69) is 21.8 Å². The maximum Gasteiger partial charge on any atom is 0.115 e. The molecule has 0 radical (unpaired) electrons. The first-order valence-corrected chi connectivity index (χ1v) is 6.16. The molecule has 1 aliphatic heterocycles. The standard InChI is InChI=1S/C12H20N4O/c1-2-10-8-17-6-5-16(10)12(7-13)11-3-4-14-9-15-11/h3-4,9-10,12H,2,5-8,13H2,1H3. The van der Waals surface area contributed by atoms with Gasteiger partial charge in [0.2, 0.25) is 0 Å². The van der Waals surface area contributed by atoms with Crippen molar-refractivity contribution in [2.24, 2.45) is 5.73 Å². The third-order valence-corrected chi connectivity index (χ3v) is 3.31. The van der Waals surface area contributed by atoms with Crippen molar-refractivity contribution in [1.29, 1.82) is 0 Å². The molecule has 0 bridgehead atoms. The largest absolute Gasteiger partial charge is 0.378 e. The Hall–Kier alpha value is -1.04. The Morgan fingerprint density at radius 3 is 3.18 bits per heavy atom. The first-order chi connectivity index (χ1) is 8.36. The summed E-state index contributed by atoms with van der Waals surface area (Å²) in [6, 6.07) is 2.55. The second-order valence-electron chi connectivity index (χ2n) is 4.26. The van der Waals surface area contributed by atoms with Gasteiger partial charge in [0.25, 0.3) is 0 Å². The number of nitrogens with zero attached hydrogens (tertiary/aromatic N) is 3. The van der Waals surface area contributed by atoms with Crippen LogP contribution in [0.1, 0.15) is 25.1 Å². The van der Waals surface area contributed by atoms with Gasteiger partial charge in [0.1, 0.15) is 6.33 Å². The van der Waals surface area contributed by atoms with Crippen LogP contribution in [0.3, 0.4) is 0 Å². The molecule has 0 spiro atoms. The predicted molar refractivity (Wildman–Crippen MR) is 65.4 cm³/mol. The number of rotatable bonds is 4. The predicted octanol–water partition coefficient (Wildman–Crippen LogP) is 0.587. The second kappa shape index (κ2) is 6.05. The lowest BCUT2D eigenvalue weighted by molar-refractivity contribution is -0.0299. The minimum absolute atomic E-state index is 0.173. The Bertz CT molecular complexity index is 333. The number of nitrogens with two attached hydrogens (primary N) is 1. The van der Waals surface area contributed by atoms with Crippen molar-refractivity contribution in [2.75, 3.05) is 26.3 Å². The molecule has 94 valence electrons. The van der Waals surface area contributed by atoms with Crippen molar-refractivity contribution in [3.05, 3.63) is 24.3 Å². The number of aromatic nitrogens is 2. The van der Waals surface area contributed by atoms with Crippen LogP contribution < -0.4 is 5.73 Å². The molecular formula is C12H20N4O. The average molecular weight is 236 g/mol. The molecule has 2 rings (SSSR count). The zero-order valence-electron chi connectivity index (χ0n) is 10.2. The van der Waals surface area contributed by atoms with Crippen molar-refractivity contribution < 1.29 is 4.74 Å². The Balaban J connectivity index is 2.16. The van der Waals surface area contributed by atoms with Gasteiger partial charge in [-0.05, 0) is 12.5 Å². The van der Waals surface area contributed by atoms with Crippen molar-refractivity contribution in [1.82, 2.24) is 14.9 Å². The molecule has 1 fully saturated rings. The fourth-order valence-corrected chi connectivity index (χ4v) is 2.35. The highest BCUT2D eigenvalue weighted by Gasteiger charge is 2.29. The lowest BCUT2D eigenvalue weighted by Crippen LogP contribution is -2.49. The minimum Gasteiger partial charge on any atom is -0.378 e. The zero-order chi connectivity index (χ0) is 12.1. The van der Waals surface area contributed by atoms with Crippen LogP contribution in [0.15, 0.2) is 18.6 Å². The van der Waals surface area contributed by atoms with Crippen LogP contribution in [0.25, 0.3) is 0 Å². The topological polar surface area (TPSA) is 64.3 Å². The average Bonchev–Trinajstić information content (AvgIpc) is 2.41. The minimum atomic E-state index is 0.173. The molecule has 0 amide bonds. The summed E-state index contributed by atoms with van der Waals surface area (Å²) in [5.74, 6) is 0. The molecule has 0 aromatic carbocycles. The van der Waals surface area contributed by atoms with Gasteiger partial charge in [0, 0.05) is 25.3 Å². The smallest absolute Gasteiger partial charge is 0.115 e. The summed E-state index contributed by atoms with van der Waals surface area (Å²) >= 11 is 0. The Kier molecular flexibility index (Phi) is 4.42. The fourth-order valence-electron chi connectivity index (χ4n) is 2.35. The van der Waals surface area contributed by atoms with E-state index in [-0.39, 0.29) is 6.04 Å². The molecule has 0 aliphatic carbocycles. The van der Waals surface area contributed by atoms with Gasteiger partial charge in [0.05, 0.1) is 24.9 Å². The monoisotopic (exact) mass is 236 g/mol. The molecule has 17 heavy (non-hydrogen) atoms. The van der Waals surface area contributed by atoms with E-state index in [1.165, 1.54) is 0 Å². The molecule has 2 unspecified atom stereocenters. The van der Waals surface area contributed by atoms with E-state index in [1.807, 2.05) is 6.07 Å². The first-order valence-electron chi connectivity index (χ1n) is 6.16. The maximum absolute atomic E-state index is 5.91. The molecule has 2 N–H and O–H groups in total. The number of ether oxygens (including phenoxy) is 1. The van der Waals surface area contributed by atoms with Gasteiger partial charge >= 0.3 is 0 Å². The van der Waals surface area contributed by atoms with Crippen LogP contribution in [0, 0.1) is 0 Å². The third kappa shape index (κ3) is 2.80. The maximum atomic E-state index is 5.91. The van der Waals surface area contributed by atoms with Gasteiger partial charge in [-0.3, -0.25) is 4.90 Å². The molecule has 1 saturated heterocycles. The SMILES string of the molecule is CCC1COCCN1C(CN)c1ccncn1. The van der Waals surface area contributed by atoms with Gasteiger partial charge in [0.15, 0.2) is 0 Å². The molecule has 5 nitrogen and oxygen atoms in total. The van der Waals surface area contributed by atoms with Crippen LogP contribution >= 0.6 is 0 Å². The van der Waals surface area contributed by atoms with Gasteiger partial charge in [-0.25, -0.2) is 9.97 Å². The highest BCUT2D eigenvalue weighted by atomic mass is 16.5. The van der Waals surface area contributed by atoms with Gasteiger partial charge in [-0.15, -0.1) is 0 Å². The van der Waals surface area contributed by atoms with E-state index in [4.69, 9.17) is 10.5 Å². The fraction of sp³-hybridized carbons (Fsp3) is 0.667. The van der Waals surface area contributed by atoms with E-state index in [9.17, 15) is 0 Å². The Morgan fingerprint density at radius 2 is 2.53 bits per heavy atom. The number of hydrogen-bond acceptors (Lipinski definition) is 5. The Morgan fingerprint density at radius 1 is 1.65 bits per heavy atom. The molecule has 5 heteroatoms. The summed E-state index contributed by atoms with van der Waals surface area (Å²) in [5.41, 5.74) is 6.91. The van der Waals surface area contributed by atoms with E-state index in [1.54, 1.807) is 12.5 Å². The lowest BCUT2D eigenvalue weighted by Gasteiger charge is -2.40. The molecule has 1 aromatic heterocycles. The summed E-state index contributed by atoms with van der Waals surface area (Å²) in [4.78, 5) is 10.7. The summed E-state index contributed by atoms with van der Waals surface area (Å²) in [5, 5.41) is 0. The van der Waals surface area contributed by atoms with Crippen LogP contribution in [-0.2, 0) is 4.74 Å².